The maximum Gasteiger partial charge on any atom is 0.430 e. The predicted octanol–water partition coefficient (Wildman–Crippen LogP) is 5.47. The highest BCUT2D eigenvalue weighted by atomic mass is 32.2. The van der Waals surface area contributed by atoms with Gasteiger partial charge >= 0.3 is 6.18 Å². The molecule has 0 radical (unpaired) electrons. The standard InChI is InChI=1S/C33H35F3N4O5S/c1-44-32(33(34,35)36,23-7-3-2-4-8-23)30-38-27(22-11-13-24(14-12-22)40-17-19-46(42,43)20-18-40)28(45-30)25-9-5-6-10-26(25)29(41)39-31(21-37)15-16-31/h2-4,7-8,11-14,25-26H,5-6,9-10,15-20H2,1H3,(H,39,41)/t25-,26-,32?/m1/s1. The number of methoxy groups -OCH3 is 1. The Morgan fingerprint density at radius 1 is 1.07 bits per heavy atom. The second-order valence-corrected chi connectivity index (χ2v) is 14.7. The van der Waals surface area contributed by atoms with Crippen LogP contribution in [0.4, 0.5) is 18.9 Å². The predicted molar refractivity (Wildman–Crippen MR) is 164 cm³/mol. The zero-order valence-electron chi connectivity index (χ0n) is 25.3. The van der Waals surface area contributed by atoms with Crippen LogP contribution in [0, 0.1) is 17.2 Å². The monoisotopic (exact) mass is 656 g/mol. The summed E-state index contributed by atoms with van der Waals surface area (Å²) in [6.07, 6.45) is -1.40. The Morgan fingerprint density at radius 2 is 1.72 bits per heavy atom. The van der Waals surface area contributed by atoms with Crippen molar-refractivity contribution < 1.29 is 35.5 Å². The summed E-state index contributed by atoms with van der Waals surface area (Å²) in [6, 6.07) is 16.4. The van der Waals surface area contributed by atoms with Crippen LogP contribution in [-0.2, 0) is 25.0 Å². The summed E-state index contributed by atoms with van der Waals surface area (Å²) in [5.41, 5.74) is -2.69. The van der Waals surface area contributed by atoms with Gasteiger partial charge in [0.25, 0.3) is 5.60 Å². The minimum absolute atomic E-state index is 0.0415. The van der Waals surface area contributed by atoms with Crippen molar-refractivity contribution in [3.8, 4) is 17.3 Å². The van der Waals surface area contributed by atoms with Crippen LogP contribution < -0.4 is 10.2 Å². The van der Waals surface area contributed by atoms with Gasteiger partial charge in [-0.3, -0.25) is 4.79 Å². The largest absolute Gasteiger partial charge is 0.441 e. The number of amides is 1. The normalized spacial score (nSPS) is 23.6. The van der Waals surface area contributed by atoms with E-state index in [0.29, 0.717) is 44.3 Å². The van der Waals surface area contributed by atoms with Gasteiger partial charge in [0, 0.05) is 48.8 Å². The van der Waals surface area contributed by atoms with Gasteiger partial charge in [-0.1, -0.05) is 55.3 Å². The fourth-order valence-corrected chi connectivity index (χ4v) is 7.82. The van der Waals surface area contributed by atoms with E-state index in [1.165, 1.54) is 24.3 Å². The molecule has 244 valence electrons. The molecule has 9 nitrogen and oxygen atoms in total. The molecule has 3 atom stereocenters. The summed E-state index contributed by atoms with van der Waals surface area (Å²) in [7, 11) is -2.12. The Balaban J connectivity index is 1.45. The Bertz CT molecular complexity index is 1720. The molecule has 1 amide bonds. The zero-order valence-corrected chi connectivity index (χ0v) is 26.2. The van der Waals surface area contributed by atoms with E-state index in [0.717, 1.165) is 25.6 Å². The number of nitrogens with zero attached hydrogens (tertiary/aromatic N) is 3. The van der Waals surface area contributed by atoms with Gasteiger partial charge in [0.2, 0.25) is 11.8 Å². The maximum atomic E-state index is 15.1. The van der Waals surface area contributed by atoms with Gasteiger partial charge in [-0.05, 0) is 37.8 Å². The molecule has 46 heavy (non-hydrogen) atoms. The molecule has 0 bridgehead atoms. The average Bonchev–Trinajstić information content (AvgIpc) is 3.69. The van der Waals surface area contributed by atoms with Gasteiger partial charge in [0.1, 0.15) is 17.0 Å². The molecule has 1 aromatic heterocycles. The van der Waals surface area contributed by atoms with Crippen molar-refractivity contribution in [2.75, 3.05) is 36.6 Å². The third-order valence-electron chi connectivity index (χ3n) is 9.46. The van der Waals surface area contributed by atoms with Crippen molar-refractivity contribution >= 4 is 21.4 Å². The lowest BCUT2D eigenvalue weighted by Crippen LogP contribution is -2.45. The lowest BCUT2D eigenvalue weighted by molar-refractivity contribution is -0.265. The zero-order chi connectivity index (χ0) is 32.7. The number of carbonyl (C=O) groups is 1. The topological polar surface area (TPSA) is 126 Å². The third-order valence-corrected chi connectivity index (χ3v) is 11.1. The number of hydrogen-bond acceptors (Lipinski definition) is 8. The van der Waals surface area contributed by atoms with Crippen molar-refractivity contribution in [3.63, 3.8) is 0 Å². The lowest BCUT2D eigenvalue weighted by Gasteiger charge is -2.32. The maximum absolute atomic E-state index is 15.1. The van der Waals surface area contributed by atoms with Crippen LogP contribution in [-0.4, -0.2) is 62.7 Å². The molecule has 1 unspecified atom stereocenters. The van der Waals surface area contributed by atoms with Crippen LogP contribution in [0.3, 0.4) is 0 Å². The fourth-order valence-electron chi connectivity index (χ4n) is 6.62. The summed E-state index contributed by atoms with van der Waals surface area (Å²) < 4.78 is 80.7. The number of alkyl halides is 3. The molecule has 2 saturated carbocycles. The molecule has 2 heterocycles. The van der Waals surface area contributed by atoms with Crippen molar-refractivity contribution in [1.82, 2.24) is 10.3 Å². The highest BCUT2D eigenvalue weighted by molar-refractivity contribution is 7.91. The van der Waals surface area contributed by atoms with Gasteiger partial charge in [-0.2, -0.15) is 18.4 Å². The average molecular weight is 657 g/mol. The number of benzene rings is 2. The molecule has 1 aliphatic heterocycles. The number of ether oxygens (including phenoxy) is 1. The van der Waals surface area contributed by atoms with Crippen molar-refractivity contribution in [2.24, 2.45) is 5.92 Å². The third kappa shape index (κ3) is 5.88. The van der Waals surface area contributed by atoms with Crippen LogP contribution in [0.5, 0.6) is 0 Å². The van der Waals surface area contributed by atoms with E-state index in [-0.39, 0.29) is 34.4 Å². The first-order valence-corrected chi connectivity index (χ1v) is 17.2. The molecule has 1 N–H and O–H groups in total. The van der Waals surface area contributed by atoms with Gasteiger partial charge in [0.05, 0.1) is 17.6 Å². The molecule has 2 aromatic carbocycles. The van der Waals surface area contributed by atoms with E-state index in [4.69, 9.17) is 9.15 Å². The Morgan fingerprint density at radius 3 is 2.30 bits per heavy atom. The first-order chi connectivity index (χ1) is 21.9. The van der Waals surface area contributed by atoms with Gasteiger partial charge in [-0.25, -0.2) is 13.4 Å². The number of aromatic nitrogens is 1. The number of nitriles is 1. The molecule has 6 rings (SSSR count). The first-order valence-electron chi connectivity index (χ1n) is 15.4. The molecule has 3 fully saturated rings. The highest BCUT2D eigenvalue weighted by Crippen LogP contribution is 2.50. The summed E-state index contributed by atoms with van der Waals surface area (Å²) in [5.74, 6) is -1.99. The van der Waals surface area contributed by atoms with Crippen LogP contribution in [0.1, 0.15) is 61.7 Å². The smallest absolute Gasteiger partial charge is 0.430 e. The van der Waals surface area contributed by atoms with Crippen molar-refractivity contribution in [3.05, 3.63) is 71.8 Å². The lowest BCUT2D eigenvalue weighted by atomic mass is 9.76. The van der Waals surface area contributed by atoms with Gasteiger partial charge < -0.3 is 19.4 Å². The summed E-state index contributed by atoms with van der Waals surface area (Å²) in [5, 5.41) is 12.5. The molecular formula is C33H35F3N4O5S. The molecule has 3 aromatic rings. The Kier molecular flexibility index (Phi) is 8.39. The number of nitrogens with one attached hydrogen (secondary N) is 1. The van der Waals surface area contributed by atoms with Crippen LogP contribution >= 0.6 is 0 Å². The number of oxazole rings is 1. The molecular weight excluding hydrogens is 621 g/mol. The van der Waals surface area contributed by atoms with E-state index in [1.54, 1.807) is 30.3 Å². The summed E-state index contributed by atoms with van der Waals surface area (Å²) in [4.78, 5) is 20.0. The first kappa shape index (κ1) is 32.1. The van der Waals surface area contributed by atoms with E-state index in [1.807, 2.05) is 4.90 Å². The second kappa shape index (κ2) is 12.0. The van der Waals surface area contributed by atoms with E-state index in [2.05, 4.69) is 16.4 Å². The summed E-state index contributed by atoms with van der Waals surface area (Å²) in [6.45, 7) is 0.673. The SMILES string of the molecule is COC(c1ccccc1)(c1nc(-c2ccc(N3CCS(=O)(=O)CC3)cc2)c([C@@H]2CCCC[C@H]2C(=O)NC2(C#N)CC2)o1)C(F)(F)F. The summed E-state index contributed by atoms with van der Waals surface area (Å²) >= 11 is 0. The molecule has 1 saturated heterocycles. The molecule has 0 spiro atoms. The number of carbonyl (C=O) groups excluding carboxylic acids is 1. The molecule has 3 aliphatic rings. The van der Waals surface area contributed by atoms with E-state index in [9.17, 15) is 18.5 Å². The minimum atomic E-state index is -4.96. The Labute approximate surface area is 265 Å². The quantitative estimate of drug-likeness (QED) is 0.338. The van der Waals surface area contributed by atoms with Crippen LogP contribution in [0.25, 0.3) is 11.3 Å². The number of rotatable bonds is 8. The number of anilines is 1. The molecule has 2 aliphatic carbocycles. The van der Waals surface area contributed by atoms with Crippen LogP contribution in [0.15, 0.2) is 59.0 Å². The minimum Gasteiger partial charge on any atom is -0.441 e. The van der Waals surface area contributed by atoms with E-state index < -0.39 is 44.9 Å². The highest BCUT2D eigenvalue weighted by Gasteiger charge is 2.62. The Hall–Kier alpha value is -3.89. The van der Waals surface area contributed by atoms with Gasteiger partial charge in [-0.15, -0.1) is 0 Å². The second-order valence-electron chi connectivity index (χ2n) is 12.3. The van der Waals surface area contributed by atoms with Crippen molar-refractivity contribution in [2.45, 2.75) is 61.8 Å². The van der Waals surface area contributed by atoms with Crippen molar-refractivity contribution in [1.29, 1.82) is 5.26 Å². The van der Waals surface area contributed by atoms with Crippen LogP contribution in [0.2, 0.25) is 0 Å². The molecule has 13 heteroatoms. The van der Waals surface area contributed by atoms with E-state index >= 15 is 13.2 Å². The number of hydrogen-bond donors (Lipinski definition) is 1. The number of sulfone groups is 1. The number of halogens is 3. The van der Waals surface area contributed by atoms with Gasteiger partial charge in [0.15, 0.2) is 9.84 Å². The fraction of sp³-hybridized carbons (Fsp3) is 0.485.